The van der Waals surface area contributed by atoms with Crippen LogP contribution in [0, 0.1) is 0 Å². The number of rotatable bonds is 8. The first-order valence-electron chi connectivity index (χ1n) is 9.12. The number of fused-ring (bicyclic) bond motifs is 1. The van der Waals surface area contributed by atoms with Crippen molar-refractivity contribution in [2.45, 2.75) is 11.6 Å². The molecule has 4 aromatic rings. The van der Waals surface area contributed by atoms with Crippen LogP contribution in [0.2, 0.25) is 0 Å². The molecule has 2 aromatic heterocycles. The summed E-state index contributed by atoms with van der Waals surface area (Å²) in [5.41, 5.74) is 3.10. The van der Waals surface area contributed by atoms with Gasteiger partial charge in [0.1, 0.15) is 5.75 Å². The molecule has 0 saturated heterocycles. The first-order valence-corrected chi connectivity index (χ1v) is 10.1. The zero-order chi connectivity index (χ0) is 20.1. The topological polar surface area (TPSA) is 97.7 Å². The maximum Gasteiger partial charge on any atom is 0.230 e. The molecule has 2 heterocycles. The van der Waals surface area contributed by atoms with Gasteiger partial charge in [-0.2, -0.15) is 4.68 Å². The van der Waals surface area contributed by atoms with Gasteiger partial charge in [-0.15, -0.1) is 5.10 Å². The number of thioether (sulfide) groups is 1. The molecule has 0 aliphatic carbocycles. The summed E-state index contributed by atoms with van der Waals surface area (Å²) >= 11 is 1.29. The molecule has 2 N–H and O–H groups in total. The fourth-order valence-electron chi connectivity index (χ4n) is 3.01. The van der Waals surface area contributed by atoms with Gasteiger partial charge in [0.05, 0.1) is 18.6 Å². The number of ether oxygens (including phenoxy) is 1. The summed E-state index contributed by atoms with van der Waals surface area (Å²) in [6, 6.07) is 15.5. The molecule has 4 rings (SSSR count). The van der Waals surface area contributed by atoms with Crippen molar-refractivity contribution in [3.05, 3.63) is 60.3 Å². The molecule has 0 bridgehead atoms. The van der Waals surface area contributed by atoms with E-state index < -0.39 is 0 Å². The van der Waals surface area contributed by atoms with Crippen molar-refractivity contribution in [2.24, 2.45) is 0 Å². The Balaban J connectivity index is 1.29. The predicted molar refractivity (Wildman–Crippen MR) is 111 cm³/mol. The minimum atomic E-state index is -0.0564. The molecule has 1 amide bonds. The molecule has 0 atom stereocenters. The van der Waals surface area contributed by atoms with E-state index >= 15 is 0 Å². The van der Waals surface area contributed by atoms with Crippen LogP contribution in [-0.4, -0.2) is 50.5 Å². The van der Waals surface area contributed by atoms with Crippen LogP contribution in [-0.2, 0) is 11.2 Å². The Labute approximate surface area is 171 Å². The number of aromatic nitrogens is 5. The third kappa shape index (κ3) is 4.40. The summed E-state index contributed by atoms with van der Waals surface area (Å²) in [4.78, 5) is 15.5. The van der Waals surface area contributed by atoms with Crippen molar-refractivity contribution in [1.29, 1.82) is 0 Å². The Kier molecular flexibility index (Phi) is 5.76. The lowest BCUT2D eigenvalue weighted by atomic mass is 10.1. The Morgan fingerprint density at radius 2 is 2.03 bits per heavy atom. The van der Waals surface area contributed by atoms with Gasteiger partial charge in [-0.1, -0.05) is 30.0 Å². The third-order valence-electron chi connectivity index (χ3n) is 4.48. The number of nitrogens with zero attached hydrogens (tertiary/aromatic N) is 4. The summed E-state index contributed by atoms with van der Waals surface area (Å²) < 4.78 is 6.76. The minimum Gasteiger partial charge on any atom is -0.497 e. The first kappa shape index (κ1) is 19.0. The molecule has 0 aliphatic rings. The normalized spacial score (nSPS) is 10.9. The summed E-state index contributed by atoms with van der Waals surface area (Å²) in [6.45, 7) is 0.574. The number of carbonyl (C=O) groups is 1. The van der Waals surface area contributed by atoms with Crippen LogP contribution in [0.3, 0.4) is 0 Å². The van der Waals surface area contributed by atoms with E-state index in [-0.39, 0.29) is 11.7 Å². The maximum absolute atomic E-state index is 12.2. The number of tetrazole rings is 1. The molecule has 0 fully saturated rings. The van der Waals surface area contributed by atoms with Crippen molar-refractivity contribution in [3.63, 3.8) is 0 Å². The van der Waals surface area contributed by atoms with Gasteiger partial charge in [-0.3, -0.25) is 4.79 Å². The maximum atomic E-state index is 12.2. The molecular weight excluding hydrogens is 388 g/mol. The van der Waals surface area contributed by atoms with Crippen LogP contribution in [0.1, 0.15) is 5.56 Å². The second-order valence-corrected chi connectivity index (χ2v) is 7.26. The van der Waals surface area contributed by atoms with E-state index in [9.17, 15) is 4.79 Å². The van der Waals surface area contributed by atoms with Crippen molar-refractivity contribution in [1.82, 2.24) is 30.5 Å². The Morgan fingerprint density at radius 1 is 1.21 bits per heavy atom. The van der Waals surface area contributed by atoms with Crippen molar-refractivity contribution in [2.75, 3.05) is 19.4 Å². The molecule has 29 heavy (non-hydrogen) atoms. The fraction of sp³-hybridized carbons (Fsp3) is 0.200. The van der Waals surface area contributed by atoms with Crippen LogP contribution < -0.4 is 10.1 Å². The van der Waals surface area contributed by atoms with Crippen LogP contribution in [0.5, 0.6) is 5.75 Å². The molecule has 0 unspecified atom stereocenters. The molecule has 0 spiro atoms. The molecule has 2 aromatic carbocycles. The van der Waals surface area contributed by atoms with Gasteiger partial charge in [0.25, 0.3) is 0 Å². The molecule has 148 valence electrons. The molecule has 0 saturated carbocycles. The van der Waals surface area contributed by atoms with Crippen molar-refractivity contribution in [3.8, 4) is 11.4 Å². The standard InChI is InChI=1S/C20H20N6O2S/c1-28-16-8-6-15(7-9-16)26-20(23-24-25-26)29-13-19(27)21-11-10-14-12-22-18-5-3-2-4-17(14)18/h2-9,12,22H,10-11,13H2,1H3,(H,21,27). The second-order valence-electron chi connectivity index (χ2n) is 6.32. The highest BCUT2D eigenvalue weighted by Crippen LogP contribution is 2.20. The van der Waals surface area contributed by atoms with E-state index in [4.69, 9.17) is 4.74 Å². The number of H-pyrrole nitrogens is 1. The van der Waals surface area contributed by atoms with Gasteiger partial charge >= 0.3 is 0 Å². The van der Waals surface area contributed by atoms with E-state index in [2.05, 4.69) is 31.9 Å². The smallest absolute Gasteiger partial charge is 0.230 e. The average molecular weight is 408 g/mol. The predicted octanol–water partition coefficient (Wildman–Crippen LogP) is 2.60. The highest BCUT2D eigenvalue weighted by molar-refractivity contribution is 7.99. The number of hydrogen-bond acceptors (Lipinski definition) is 6. The van der Waals surface area contributed by atoms with E-state index in [0.29, 0.717) is 11.7 Å². The molecule has 8 nitrogen and oxygen atoms in total. The molecule has 0 radical (unpaired) electrons. The Bertz CT molecular complexity index is 1110. The van der Waals surface area contributed by atoms with E-state index in [1.807, 2.05) is 48.7 Å². The van der Waals surface area contributed by atoms with Gasteiger partial charge in [-0.25, -0.2) is 0 Å². The Morgan fingerprint density at radius 3 is 2.86 bits per heavy atom. The van der Waals surface area contributed by atoms with E-state index in [1.165, 1.54) is 22.7 Å². The number of nitrogens with one attached hydrogen (secondary N) is 2. The number of benzene rings is 2. The van der Waals surface area contributed by atoms with Gasteiger partial charge in [0.2, 0.25) is 11.1 Å². The van der Waals surface area contributed by atoms with Crippen LogP contribution in [0.15, 0.2) is 59.9 Å². The number of amides is 1. The molecular formula is C20H20N6O2S. The van der Waals surface area contributed by atoms with Gasteiger partial charge in [0.15, 0.2) is 0 Å². The highest BCUT2D eigenvalue weighted by atomic mass is 32.2. The first-order chi connectivity index (χ1) is 14.2. The van der Waals surface area contributed by atoms with Gasteiger partial charge in [0, 0.05) is 23.6 Å². The zero-order valence-electron chi connectivity index (χ0n) is 15.8. The van der Waals surface area contributed by atoms with Crippen LogP contribution >= 0.6 is 11.8 Å². The lowest BCUT2D eigenvalue weighted by molar-refractivity contribution is -0.118. The average Bonchev–Trinajstić information content (AvgIpc) is 3.40. The summed E-state index contributed by atoms with van der Waals surface area (Å²) in [5.74, 6) is 0.939. The molecule has 9 heteroatoms. The number of para-hydroxylation sites is 1. The lowest BCUT2D eigenvalue weighted by Crippen LogP contribution is -2.27. The minimum absolute atomic E-state index is 0.0564. The Hall–Kier alpha value is -3.33. The summed E-state index contributed by atoms with van der Waals surface area (Å²) in [7, 11) is 1.62. The van der Waals surface area contributed by atoms with E-state index in [1.54, 1.807) is 11.8 Å². The zero-order valence-corrected chi connectivity index (χ0v) is 16.6. The monoisotopic (exact) mass is 408 g/mol. The van der Waals surface area contributed by atoms with Gasteiger partial charge < -0.3 is 15.0 Å². The van der Waals surface area contributed by atoms with Crippen molar-refractivity contribution < 1.29 is 9.53 Å². The number of methoxy groups -OCH3 is 1. The summed E-state index contributed by atoms with van der Waals surface area (Å²) in [6.07, 6.45) is 2.76. The largest absolute Gasteiger partial charge is 0.497 e. The second kappa shape index (κ2) is 8.78. The van der Waals surface area contributed by atoms with Crippen LogP contribution in [0.4, 0.5) is 0 Å². The fourth-order valence-corrected chi connectivity index (χ4v) is 3.73. The SMILES string of the molecule is COc1ccc(-n2nnnc2SCC(=O)NCCc2c[nH]c3ccccc23)cc1. The lowest BCUT2D eigenvalue weighted by Gasteiger charge is -2.06. The highest BCUT2D eigenvalue weighted by Gasteiger charge is 2.12. The summed E-state index contributed by atoms with van der Waals surface area (Å²) in [5, 5.41) is 16.4. The number of carbonyl (C=O) groups excluding carboxylic acids is 1. The van der Waals surface area contributed by atoms with Crippen molar-refractivity contribution >= 4 is 28.6 Å². The number of aromatic amines is 1. The quantitative estimate of drug-likeness (QED) is 0.435. The third-order valence-corrected chi connectivity index (χ3v) is 5.40. The van der Waals surface area contributed by atoms with E-state index in [0.717, 1.165) is 23.4 Å². The molecule has 0 aliphatic heterocycles. The number of hydrogen-bond donors (Lipinski definition) is 2. The van der Waals surface area contributed by atoms with Crippen LogP contribution in [0.25, 0.3) is 16.6 Å². The van der Waals surface area contributed by atoms with Gasteiger partial charge in [-0.05, 0) is 52.7 Å².